The van der Waals surface area contributed by atoms with Crippen molar-refractivity contribution < 1.29 is 14.7 Å². The van der Waals surface area contributed by atoms with Gasteiger partial charge in [0.25, 0.3) is 0 Å². The Kier molecular flexibility index (Phi) is 7.10. The van der Waals surface area contributed by atoms with E-state index in [9.17, 15) is 5.21 Å². The summed E-state index contributed by atoms with van der Waals surface area (Å²) in [5, 5.41) is 9.66. The van der Waals surface area contributed by atoms with Crippen molar-refractivity contribution in [3.63, 3.8) is 0 Å². The number of aliphatic imine (C=N–C) groups is 1. The molecular weight excluding hydrogens is 386 g/mol. The molecule has 29 heavy (non-hydrogen) atoms. The highest BCUT2D eigenvalue weighted by atomic mass is 32.2. The quantitative estimate of drug-likeness (QED) is 0.252. The number of nitrogens with zero attached hydrogens (tertiary/aromatic N) is 2. The second-order valence-corrected chi connectivity index (χ2v) is 7.06. The van der Waals surface area contributed by atoms with Gasteiger partial charge in [-0.05, 0) is 66.8 Å². The lowest BCUT2D eigenvalue weighted by Crippen LogP contribution is -2.21. The van der Waals surface area contributed by atoms with Gasteiger partial charge in [0.15, 0.2) is 5.84 Å². The number of amidine groups is 1. The van der Waals surface area contributed by atoms with E-state index in [1.807, 2.05) is 55.6 Å². The predicted octanol–water partition coefficient (Wildman–Crippen LogP) is 4.84. The van der Waals surface area contributed by atoms with Crippen molar-refractivity contribution in [3.8, 4) is 17.4 Å². The number of hydrogen-bond donors (Lipinski definition) is 2. The van der Waals surface area contributed by atoms with E-state index in [1.54, 1.807) is 37.2 Å². The van der Waals surface area contributed by atoms with Crippen molar-refractivity contribution in [2.24, 2.45) is 4.99 Å². The fourth-order valence-corrected chi connectivity index (χ4v) is 3.35. The van der Waals surface area contributed by atoms with Crippen LogP contribution in [-0.4, -0.2) is 29.4 Å². The largest absolute Gasteiger partial charge is 0.497 e. The van der Waals surface area contributed by atoms with Gasteiger partial charge in [0.1, 0.15) is 11.5 Å². The zero-order valence-corrected chi connectivity index (χ0v) is 17.4. The van der Waals surface area contributed by atoms with Crippen LogP contribution in [0.3, 0.4) is 0 Å². The van der Waals surface area contributed by atoms with Gasteiger partial charge < -0.3 is 9.47 Å². The average Bonchev–Trinajstić information content (AvgIpc) is 2.76. The Hall–Kier alpha value is -3.03. The Morgan fingerprint density at radius 3 is 2.55 bits per heavy atom. The first-order valence-corrected chi connectivity index (χ1v) is 10.2. The first-order valence-electron chi connectivity index (χ1n) is 9.00. The molecular formula is C22H23N3O3S. The third-order valence-electron chi connectivity index (χ3n) is 4.29. The molecule has 0 spiro atoms. The van der Waals surface area contributed by atoms with Gasteiger partial charge in [-0.15, -0.1) is 11.8 Å². The molecule has 0 radical (unpaired) electrons. The molecule has 150 valence electrons. The number of methoxy groups -OCH3 is 1. The second-order valence-electron chi connectivity index (χ2n) is 6.21. The van der Waals surface area contributed by atoms with Gasteiger partial charge in [-0.25, -0.2) is 4.98 Å². The van der Waals surface area contributed by atoms with Crippen molar-refractivity contribution in [1.29, 1.82) is 0 Å². The number of nitrogens with one attached hydrogen (secondary N) is 1. The van der Waals surface area contributed by atoms with Crippen LogP contribution < -0.4 is 15.0 Å². The molecule has 6 nitrogen and oxygen atoms in total. The molecule has 0 bridgehead atoms. The number of pyridine rings is 1. The van der Waals surface area contributed by atoms with Crippen molar-refractivity contribution >= 4 is 17.6 Å². The topological polar surface area (TPSA) is 76.0 Å². The maximum Gasteiger partial charge on any atom is 0.230 e. The summed E-state index contributed by atoms with van der Waals surface area (Å²) in [6, 6.07) is 17.0. The van der Waals surface area contributed by atoms with E-state index in [4.69, 9.17) is 9.47 Å². The van der Waals surface area contributed by atoms with E-state index in [0.29, 0.717) is 23.7 Å². The van der Waals surface area contributed by atoms with Gasteiger partial charge in [-0.1, -0.05) is 12.1 Å². The molecule has 0 aliphatic rings. The summed E-state index contributed by atoms with van der Waals surface area (Å²) in [4.78, 5) is 9.99. The summed E-state index contributed by atoms with van der Waals surface area (Å²) in [6.07, 6.45) is 3.68. The van der Waals surface area contributed by atoms with Crippen LogP contribution in [0.4, 0.5) is 0 Å². The Morgan fingerprint density at radius 2 is 1.90 bits per heavy atom. The predicted molar refractivity (Wildman–Crippen MR) is 115 cm³/mol. The monoisotopic (exact) mass is 409 g/mol. The van der Waals surface area contributed by atoms with E-state index in [0.717, 1.165) is 16.9 Å². The van der Waals surface area contributed by atoms with Crippen molar-refractivity contribution in [2.45, 2.75) is 18.4 Å². The molecule has 3 rings (SSSR count). The van der Waals surface area contributed by atoms with Crippen LogP contribution in [0.2, 0.25) is 0 Å². The van der Waals surface area contributed by atoms with Crippen LogP contribution in [0.5, 0.6) is 17.4 Å². The average molecular weight is 410 g/mol. The SMILES string of the molecule is COc1ccc(CN=C(NO)c2cccnc2Oc2ccc(SC)c(C)c2)cc1. The number of thioether (sulfide) groups is 1. The third-order valence-corrected chi connectivity index (χ3v) is 5.19. The van der Waals surface area contributed by atoms with E-state index >= 15 is 0 Å². The zero-order chi connectivity index (χ0) is 20.6. The summed E-state index contributed by atoms with van der Waals surface area (Å²) in [6.45, 7) is 2.41. The summed E-state index contributed by atoms with van der Waals surface area (Å²) in [5.74, 6) is 2.09. The van der Waals surface area contributed by atoms with Crippen LogP contribution in [0.25, 0.3) is 0 Å². The van der Waals surface area contributed by atoms with E-state index in [-0.39, 0.29) is 5.84 Å². The lowest BCUT2D eigenvalue weighted by Gasteiger charge is -2.12. The summed E-state index contributed by atoms with van der Waals surface area (Å²) < 4.78 is 11.2. The molecule has 0 atom stereocenters. The normalized spacial score (nSPS) is 11.2. The molecule has 0 saturated heterocycles. The van der Waals surface area contributed by atoms with Crippen LogP contribution in [-0.2, 0) is 6.54 Å². The van der Waals surface area contributed by atoms with E-state index in [1.165, 1.54) is 4.90 Å². The molecule has 1 aromatic heterocycles. The van der Waals surface area contributed by atoms with Crippen LogP contribution in [0, 0.1) is 6.92 Å². The first-order chi connectivity index (χ1) is 14.1. The van der Waals surface area contributed by atoms with Crippen LogP contribution in [0.15, 0.2) is 70.7 Å². The lowest BCUT2D eigenvalue weighted by molar-refractivity contribution is 0.234. The Bertz CT molecular complexity index is 991. The number of hydrogen-bond acceptors (Lipinski definition) is 6. The van der Waals surface area contributed by atoms with E-state index < -0.39 is 0 Å². The molecule has 0 amide bonds. The lowest BCUT2D eigenvalue weighted by atomic mass is 10.2. The number of aryl methyl sites for hydroxylation is 1. The fourth-order valence-electron chi connectivity index (χ4n) is 2.76. The molecule has 3 aromatic rings. The number of ether oxygens (including phenoxy) is 2. The minimum Gasteiger partial charge on any atom is -0.497 e. The fraction of sp³-hybridized carbons (Fsp3) is 0.182. The number of aromatic nitrogens is 1. The highest BCUT2D eigenvalue weighted by Gasteiger charge is 2.13. The summed E-state index contributed by atoms with van der Waals surface area (Å²) in [5.41, 5.74) is 4.84. The highest BCUT2D eigenvalue weighted by Crippen LogP contribution is 2.28. The van der Waals surface area contributed by atoms with Crippen molar-refractivity contribution in [1.82, 2.24) is 10.5 Å². The Balaban J connectivity index is 1.84. The highest BCUT2D eigenvalue weighted by molar-refractivity contribution is 7.98. The number of hydroxylamine groups is 1. The maximum absolute atomic E-state index is 9.66. The summed E-state index contributed by atoms with van der Waals surface area (Å²) >= 11 is 1.69. The van der Waals surface area contributed by atoms with Gasteiger partial charge in [-0.2, -0.15) is 0 Å². The zero-order valence-electron chi connectivity index (χ0n) is 16.5. The summed E-state index contributed by atoms with van der Waals surface area (Å²) in [7, 11) is 1.63. The van der Waals surface area contributed by atoms with Crippen LogP contribution >= 0.6 is 11.8 Å². The van der Waals surface area contributed by atoms with Gasteiger partial charge >= 0.3 is 0 Å². The van der Waals surface area contributed by atoms with Crippen molar-refractivity contribution in [3.05, 3.63) is 77.5 Å². The standard InChI is InChI=1S/C22H23N3O3S/c1-15-13-18(10-11-20(15)29-3)28-22-19(5-4-12-23-22)21(25-26)24-14-16-6-8-17(27-2)9-7-16/h4-13,26H,14H2,1-3H3,(H,24,25). The first kappa shape index (κ1) is 20.7. The van der Waals surface area contributed by atoms with E-state index in [2.05, 4.69) is 15.5 Å². The molecule has 7 heteroatoms. The number of rotatable bonds is 7. The van der Waals surface area contributed by atoms with Gasteiger partial charge in [-0.3, -0.25) is 15.7 Å². The van der Waals surface area contributed by atoms with Gasteiger partial charge in [0, 0.05) is 11.1 Å². The molecule has 0 aliphatic carbocycles. The van der Waals surface area contributed by atoms with Gasteiger partial charge in [0.2, 0.25) is 5.88 Å². The molecule has 2 N–H and O–H groups in total. The smallest absolute Gasteiger partial charge is 0.230 e. The molecule has 0 aliphatic heterocycles. The minimum atomic E-state index is 0.279. The molecule has 2 aromatic carbocycles. The van der Waals surface area contributed by atoms with Crippen molar-refractivity contribution in [2.75, 3.05) is 13.4 Å². The third kappa shape index (κ3) is 5.28. The molecule has 1 heterocycles. The van der Waals surface area contributed by atoms with Gasteiger partial charge in [0.05, 0.1) is 19.2 Å². The molecule has 0 fully saturated rings. The molecule has 0 saturated carbocycles. The van der Waals surface area contributed by atoms with Crippen LogP contribution in [0.1, 0.15) is 16.7 Å². The Morgan fingerprint density at radius 1 is 1.14 bits per heavy atom. The number of benzene rings is 2. The second kappa shape index (κ2) is 9.95. The molecule has 0 unspecified atom stereocenters. The Labute approximate surface area is 174 Å². The maximum atomic E-state index is 9.66. The minimum absolute atomic E-state index is 0.279.